The van der Waals surface area contributed by atoms with Crippen LogP contribution in [-0.2, 0) is 6.18 Å². The Kier molecular flexibility index (Phi) is 6.94. The number of halogens is 7. The van der Waals surface area contributed by atoms with Gasteiger partial charge < -0.3 is 10.6 Å². The van der Waals surface area contributed by atoms with Gasteiger partial charge in [-0.25, -0.2) is 9.82 Å². The van der Waals surface area contributed by atoms with Crippen LogP contribution in [0.1, 0.15) is 11.1 Å². The van der Waals surface area contributed by atoms with Crippen molar-refractivity contribution in [1.29, 1.82) is 0 Å². The van der Waals surface area contributed by atoms with Crippen LogP contribution in [0.3, 0.4) is 0 Å². The monoisotopic (exact) mass is 473 g/mol. The predicted octanol–water partition coefficient (Wildman–Crippen LogP) is 5.19. The van der Waals surface area contributed by atoms with E-state index in [-0.39, 0.29) is 17.6 Å². The van der Waals surface area contributed by atoms with Crippen LogP contribution >= 0.6 is 0 Å². The predicted molar refractivity (Wildman–Crippen MR) is 107 cm³/mol. The van der Waals surface area contributed by atoms with Gasteiger partial charge in [-0.15, -0.1) is 0 Å². The number of aromatic nitrogens is 3. The van der Waals surface area contributed by atoms with E-state index in [1.807, 2.05) is 5.32 Å². The summed E-state index contributed by atoms with van der Waals surface area (Å²) < 4.78 is 89.3. The fourth-order valence-corrected chi connectivity index (χ4v) is 2.36. The van der Waals surface area contributed by atoms with Gasteiger partial charge in [-0.1, -0.05) is 18.2 Å². The summed E-state index contributed by atoms with van der Waals surface area (Å²) in [6.45, 7) is -1.46. The topological polar surface area (TPSA) is 87.1 Å². The highest BCUT2D eigenvalue weighted by Crippen LogP contribution is 2.31. The molecule has 0 radical (unpaired) electrons. The minimum Gasteiger partial charge on any atom is -0.345 e. The maximum absolute atomic E-state index is 12.9. The molecule has 1 aromatic heterocycles. The van der Waals surface area contributed by atoms with E-state index in [1.54, 1.807) is 0 Å². The lowest BCUT2D eigenvalue weighted by Crippen LogP contribution is -2.23. The van der Waals surface area contributed by atoms with Gasteiger partial charge in [-0.3, -0.25) is 0 Å². The van der Waals surface area contributed by atoms with Crippen LogP contribution in [0.25, 0.3) is 0 Å². The zero-order valence-corrected chi connectivity index (χ0v) is 16.3. The summed E-state index contributed by atoms with van der Waals surface area (Å²) in [4.78, 5) is 11.4. The van der Waals surface area contributed by atoms with Gasteiger partial charge in [-0.2, -0.15) is 46.4 Å². The Bertz CT molecular complexity index is 1110. The van der Waals surface area contributed by atoms with Crippen molar-refractivity contribution in [3.63, 3.8) is 0 Å². The molecular weight excluding hydrogens is 459 g/mol. The van der Waals surface area contributed by atoms with E-state index in [2.05, 4.69) is 30.8 Å². The van der Waals surface area contributed by atoms with Crippen LogP contribution in [0.2, 0.25) is 0 Å². The largest absolute Gasteiger partial charge is 0.416 e. The van der Waals surface area contributed by atoms with Gasteiger partial charge >= 0.3 is 12.4 Å². The molecule has 14 heteroatoms. The fourth-order valence-electron chi connectivity index (χ4n) is 2.36. The molecule has 2 aromatic carbocycles. The highest BCUT2D eigenvalue weighted by molar-refractivity contribution is 5.79. The molecule has 0 saturated carbocycles. The number of nitrogens with zero attached hydrogens (tertiary/aromatic N) is 4. The van der Waals surface area contributed by atoms with Crippen molar-refractivity contribution in [2.75, 3.05) is 22.6 Å². The average molecular weight is 473 g/mol. The lowest BCUT2D eigenvalue weighted by atomic mass is 10.2. The molecule has 0 aliphatic heterocycles. The van der Waals surface area contributed by atoms with E-state index in [1.165, 1.54) is 36.5 Å². The molecule has 0 unspecified atom stereocenters. The van der Waals surface area contributed by atoms with Gasteiger partial charge in [0.15, 0.2) is 0 Å². The molecular formula is C19H14F7N7. The summed E-state index contributed by atoms with van der Waals surface area (Å²) in [6, 6.07) is 9.30. The van der Waals surface area contributed by atoms with Crippen molar-refractivity contribution in [2.45, 2.75) is 12.4 Å². The van der Waals surface area contributed by atoms with Crippen LogP contribution in [-0.4, -0.2) is 33.9 Å². The molecule has 174 valence electrons. The van der Waals surface area contributed by atoms with Gasteiger partial charge in [0.1, 0.15) is 12.4 Å². The Morgan fingerprint density at radius 1 is 0.848 bits per heavy atom. The van der Waals surface area contributed by atoms with Crippen molar-refractivity contribution in [3.8, 4) is 0 Å². The number of nitrogens with one attached hydrogen (secondary N) is 3. The van der Waals surface area contributed by atoms with Gasteiger partial charge in [0, 0.05) is 5.69 Å². The van der Waals surface area contributed by atoms with Crippen molar-refractivity contribution in [3.05, 3.63) is 65.5 Å². The number of benzene rings is 2. The fraction of sp³-hybridized carbons (Fsp3) is 0.158. The molecule has 0 aliphatic rings. The number of hydrazone groups is 1. The Hall–Kier alpha value is -3.97. The summed E-state index contributed by atoms with van der Waals surface area (Å²) in [7, 11) is 0. The molecule has 0 aliphatic carbocycles. The van der Waals surface area contributed by atoms with Crippen LogP contribution in [0, 0.1) is 5.82 Å². The van der Waals surface area contributed by atoms with E-state index in [0.717, 1.165) is 18.2 Å². The Labute approximate surface area is 181 Å². The Morgan fingerprint density at radius 3 is 2.18 bits per heavy atom. The first-order valence-electron chi connectivity index (χ1n) is 9.03. The average Bonchev–Trinajstić information content (AvgIpc) is 2.73. The van der Waals surface area contributed by atoms with Crippen molar-refractivity contribution >= 4 is 29.7 Å². The van der Waals surface area contributed by atoms with E-state index in [4.69, 9.17) is 0 Å². The normalized spacial score (nSPS) is 12.1. The molecule has 3 rings (SSSR count). The molecule has 3 aromatic rings. The van der Waals surface area contributed by atoms with E-state index >= 15 is 0 Å². The first-order valence-corrected chi connectivity index (χ1v) is 9.03. The molecule has 0 spiro atoms. The zero-order chi connectivity index (χ0) is 24.1. The van der Waals surface area contributed by atoms with Crippen LogP contribution in [0.5, 0.6) is 0 Å². The van der Waals surface area contributed by atoms with E-state index in [0.29, 0.717) is 5.56 Å². The lowest BCUT2D eigenvalue weighted by Gasteiger charge is -2.12. The second kappa shape index (κ2) is 9.67. The Balaban J connectivity index is 1.83. The number of alkyl halides is 6. The van der Waals surface area contributed by atoms with Gasteiger partial charge in [0.25, 0.3) is 0 Å². The number of anilines is 4. The lowest BCUT2D eigenvalue weighted by molar-refractivity contribution is -0.137. The highest BCUT2D eigenvalue weighted by Gasteiger charge is 2.30. The maximum Gasteiger partial charge on any atom is 0.416 e. The quantitative estimate of drug-likeness (QED) is 0.249. The van der Waals surface area contributed by atoms with Gasteiger partial charge in [-0.05, 0) is 35.9 Å². The standard InChI is InChI=1S/C19H14F7N7/c20-13-6-4-11(5-7-13)9-28-33-17-31-15(27-10-18(21,22)23)30-16(32-17)29-14-3-1-2-12(8-14)19(24,25)26/h1-9H,10H2,(H3,27,29,30,31,32,33)/b28-9+. The second-order valence-electron chi connectivity index (χ2n) is 6.40. The third-order valence-electron chi connectivity index (χ3n) is 3.78. The summed E-state index contributed by atoms with van der Waals surface area (Å²) in [5, 5.41) is 8.26. The van der Waals surface area contributed by atoms with E-state index < -0.39 is 36.2 Å². The molecule has 33 heavy (non-hydrogen) atoms. The first kappa shape index (κ1) is 23.7. The van der Waals surface area contributed by atoms with Crippen LogP contribution in [0.15, 0.2) is 53.6 Å². The van der Waals surface area contributed by atoms with Crippen molar-refractivity contribution in [1.82, 2.24) is 15.0 Å². The number of rotatable bonds is 7. The number of hydrogen-bond donors (Lipinski definition) is 3. The summed E-state index contributed by atoms with van der Waals surface area (Å²) in [5.41, 5.74) is 1.87. The molecule has 3 N–H and O–H groups in total. The molecule has 0 amide bonds. The number of hydrogen-bond acceptors (Lipinski definition) is 7. The first-order chi connectivity index (χ1) is 15.5. The summed E-state index contributed by atoms with van der Waals surface area (Å²) in [6.07, 6.45) is -7.90. The van der Waals surface area contributed by atoms with Gasteiger partial charge in [0.2, 0.25) is 17.8 Å². The summed E-state index contributed by atoms with van der Waals surface area (Å²) in [5.74, 6) is -1.60. The molecule has 0 bridgehead atoms. The molecule has 0 saturated heterocycles. The van der Waals surface area contributed by atoms with E-state index in [9.17, 15) is 30.7 Å². The minimum atomic E-state index is -4.60. The third kappa shape index (κ3) is 7.59. The molecule has 7 nitrogen and oxygen atoms in total. The molecule has 0 atom stereocenters. The molecule has 0 fully saturated rings. The Morgan fingerprint density at radius 2 is 1.52 bits per heavy atom. The smallest absolute Gasteiger partial charge is 0.345 e. The van der Waals surface area contributed by atoms with Crippen molar-refractivity contribution < 1.29 is 30.7 Å². The van der Waals surface area contributed by atoms with Crippen LogP contribution < -0.4 is 16.1 Å². The summed E-state index contributed by atoms with van der Waals surface area (Å²) >= 11 is 0. The SMILES string of the molecule is Fc1ccc(/C=N/Nc2nc(NCC(F)(F)F)nc(Nc3cccc(C(F)(F)F)c3)n2)cc1. The van der Waals surface area contributed by atoms with Gasteiger partial charge in [0.05, 0.1) is 11.8 Å². The van der Waals surface area contributed by atoms with Crippen LogP contribution in [0.4, 0.5) is 54.3 Å². The van der Waals surface area contributed by atoms with Crippen molar-refractivity contribution in [2.24, 2.45) is 5.10 Å². The zero-order valence-electron chi connectivity index (χ0n) is 16.3. The maximum atomic E-state index is 12.9. The third-order valence-corrected chi connectivity index (χ3v) is 3.78. The molecule has 1 heterocycles. The highest BCUT2D eigenvalue weighted by atomic mass is 19.4. The minimum absolute atomic E-state index is 0.0569. The second-order valence-corrected chi connectivity index (χ2v) is 6.40.